The van der Waals surface area contributed by atoms with Gasteiger partial charge in [0.15, 0.2) is 5.69 Å². The molecule has 3 aromatic carbocycles. The third-order valence-corrected chi connectivity index (χ3v) is 5.58. The summed E-state index contributed by atoms with van der Waals surface area (Å²) >= 11 is 12.6. The summed E-state index contributed by atoms with van der Waals surface area (Å²) in [6, 6.07) is 19.2. The van der Waals surface area contributed by atoms with E-state index in [2.05, 4.69) is 10.2 Å². The Labute approximate surface area is 188 Å². The topological polar surface area (TPSA) is 76.2 Å². The van der Waals surface area contributed by atoms with Crippen LogP contribution in [0.2, 0.25) is 10.0 Å². The second-order valence-corrected chi connectivity index (χ2v) is 7.50. The van der Waals surface area contributed by atoms with Crippen LogP contribution in [0.3, 0.4) is 0 Å². The quantitative estimate of drug-likeness (QED) is 0.344. The van der Waals surface area contributed by atoms with Crippen molar-refractivity contribution < 1.29 is 14.6 Å². The lowest BCUT2D eigenvalue weighted by molar-refractivity contribution is 0.0992. The molecule has 1 heterocycles. The van der Waals surface area contributed by atoms with E-state index in [0.717, 1.165) is 0 Å². The highest BCUT2D eigenvalue weighted by Gasteiger charge is 2.19. The van der Waals surface area contributed by atoms with Gasteiger partial charge in [-0.2, -0.15) is 0 Å². The van der Waals surface area contributed by atoms with E-state index in [1.54, 1.807) is 53.1 Å². The van der Waals surface area contributed by atoms with Crippen LogP contribution in [0.5, 0.6) is 11.6 Å². The lowest BCUT2D eigenvalue weighted by atomic mass is 10.2. The summed E-state index contributed by atoms with van der Waals surface area (Å²) in [5.41, 5.74) is 1.83. The van der Waals surface area contributed by atoms with Gasteiger partial charge in [0.05, 0.1) is 24.7 Å². The Balaban J connectivity index is 1.77. The van der Waals surface area contributed by atoms with Gasteiger partial charge in [-0.15, -0.1) is 10.2 Å². The number of rotatable bonds is 5. The first-order valence-electron chi connectivity index (χ1n) is 9.33. The number of azo groups is 1. The minimum Gasteiger partial charge on any atom is -0.496 e. The summed E-state index contributed by atoms with van der Waals surface area (Å²) in [7, 11) is 1.47. The van der Waals surface area contributed by atoms with Crippen LogP contribution in [0.4, 0.5) is 5.69 Å². The average Bonchev–Trinajstić information content (AvgIpc) is 3.05. The number of aromatic nitrogens is 1. The summed E-state index contributed by atoms with van der Waals surface area (Å²) in [4.78, 5) is 12.6. The molecule has 0 aliphatic rings. The van der Waals surface area contributed by atoms with Gasteiger partial charge in [0.1, 0.15) is 5.75 Å². The summed E-state index contributed by atoms with van der Waals surface area (Å²) in [5.74, 6) is -0.331. The summed E-state index contributed by atoms with van der Waals surface area (Å²) in [6.07, 6.45) is 0. The smallest absolute Gasteiger partial charge is 0.299 e. The van der Waals surface area contributed by atoms with Gasteiger partial charge in [-0.05, 0) is 30.3 Å². The molecule has 8 heteroatoms. The van der Waals surface area contributed by atoms with Crippen LogP contribution in [0.1, 0.15) is 15.9 Å². The second-order valence-electron chi connectivity index (χ2n) is 6.68. The highest BCUT2D eigenvalue weighted by atomic mass is 35.5. The fraction of sp³-hybridized carbons (Fsp3) is 0.0870. The molecule has 0 spiro atoms. The van der Waals surface area contributed by atoms with Crippen LogP contribution in [0.15, 0.2) is 77.0 Å². The van der Waals surface area contributed by atoms with Gasteiger partial charge in [-0.25, -0.2) is 0 Å². The number of halogens is 2. The number of nitrogens with zero attached hydrogens (tertiary/aromatic N) is 3. The number of amides is 1. The van der Waals surface area contributed by atoms with Crippen molar-refractivity contribution in [3.63, 3.8) is 0 Å². The average molecular weight is 454 g/mol. The number of para-hydroxylation sites is 2. The standard InChI is InChI=1S/C23H17Cl2N3O3/c1-31-20-12-5-3-8-15(20)22(29)27-26-21-14-7-2-4-11-19(14)28(23(21)30)13-16-17(24)9-6-10-18(16)25/h2-12,30H,13H2,1H3. The Morgan fingerprint density at radius 3 is 2.42 bits per heavy atom. The molecule has 0 aliphatic heterocycles. The Hall–Kier alpha value is -3.35. The van der Waals surface area contributed by atoms with Gasteiger partial charge in [-0.1, -0.05) is 59.6 Å². The third-order valence-electron chi connectivity index (χ3n) is 4.87. The van der Waals surface area contributed by atoms with Gasteiger partial charge in [0.2, 0.25) is 5.88 Å². The predicted molar refractivity (Wildman–Crippen MR) is 121 cm³/mol. The maximum atomic E-state index is 12.6. The molecule has 0 atom stereocenters. The van der Waals surface area contributed by atoms with Crippen molar-refractivity contribution in [2.75, 3.05) is 7.11 Å². The number of hydrogen-bond acceptors (Lipinski definition) is 4. The summed E-state index contributed by atoms with van der Waals surface area (Å²) in [5, 5.41) is 20.4. The summed E-state index contributed by atoms with van der Waals surface area (Å²) in [6.45, 7) is 0.223. The maximum absolute atomic E-state index is 12.6. The Morgan fingerprint density at radius 2 is 1.68 bits per heavy atom. The van der Waals surface area contributed by atoms with Crippen molar-refractivity contribution in [3.05, 3.63) is 87.9 Å². The fourth-order valence-corrected chi connectivity index (χ4v) is 3.86. The first-order chi connectivity index (χ1) is 15.0. The molecule has 156 valence electrons. The number of carbonyl (C=O) groups is 1. The zero-order chi connectivity index (χ0) is 22.0. The maximum Gasteiger partial charge on any atom is 0.299 e. The van der Waals surface area contributed by atoms with E-state index in [0.29, 0.717) is 32.3 Å². The molecular formula is C23H17Cl2N3O3. The van der Waals surface area contributed by atoms with Crippen molar-refractivity contribution in [2.45, 2.75) is 6.54 Å². The second kappa shape index (κ2) is 8.79. The molecule has 31 heavy (non-hydrogen) atoms. The van der Waals surface area contributed by atoms with Crippen LogP contribution < -0.4 is 4.74 Å². The normalized spacial score (nSPS) is 11.3. The van der Waals surface area contributed by atoms with Crippen LogP contribution >= 0.6 is 23.2 Å². The third kappa shape index (κ3) is 4.00. The number of methoxy groups -OCH3 is 1. The number of carbonyl (C=O) groups excluding carboxylic acids is 1. The number of benzene rings is 3. The number of hydrogen-bond donors (Lipinski definition) is 1. The SMILES string of the molecule is COc1ccccc1C(=O)N=Nc1c(O)n(Cc2c(Cl)cccc2Cl)c2ccccc12. The molecule has 0 fully saturated rings. The lowest BCUT2D eigenvalue weighted by Crippen LogP contribution is -2.00. The minimum atomic E-state index is -0.581. The van der Waals surface area contributed by atoms with E-state index in [9.17, 15) is 9.90 Å². The molecule has 1 amide bonds. The largest absolute Gasteiger partial charge is 0.496 e. The first kappa shape index (κ1) is 20.9. The van der Waals surface area contributed by atoms with E-state index in [1.165, 1.54) is 7.11 Å². The molecule has 4 aromatic rings. The number of ether oxygens (including phenoxy) is 1. The Kier molecular flexibility index (Phi) is 5.93. The molecule has 1 N–H and O–H groups in total. The van der Waals surface area contributed by atoms with Crippen LogP contribution in [0.25, 0.3) is 10.9 Å². The van der Waals surface area contributed by atoms with Gasteiger partial charge >= 0.3 is 0 Å². The zero-order valence-corrected chi connectivity index (χ0v) is 17.9. The molecule has 0 saturated heterocycles. The van der Waals surface area contributed by atoms with Gasteiger partial charge in [-0.3, -0.25) is 4.79 Å². The fourth-order valence-electron chi connectivity index (χ4n) is 3.34. The minimum absolute atomic E-state index is 0.145. The molecule has 6 nitrogen and oxygen atoms in total. The Morgan fingerprint density at radius 1 is 1.00 bits per heavy atom. The van der Waals surface area contributed by atoms with Crippen LogP contribution in [0, 0.1) is 0 Å². The molecule has 0 radical (unpaired) electrons. The molecular weight excluding hydrogens is 437 g/mol. The first-order valence-corrected chi connectivity index (χ1v) is 10.1. The lowest BCUT2D eigenvalue weighted by Gasteiger charge is -2.10. The predicted octanol–water partition coefficient (Wildman–Crippen LogP) is 6.63. The molecule has 4 rings (SSSR count). The molecule has 1 aromatic heterocycles. The van der Waals surface area contributed by atoms with E-state index < -0.39 is 5.91 Å². The van der Waals surface area contributed by atoms with Crippen molar-refractivity contribution in [1.82, 2.24) is 4.57 Å². The van der Waals surface area contributed by atoms with Crippen molar-refractivity contribution >= 4 is 45.7 Å². The van der Waals surface area contributed by atoms with Crippen LogP contribution in [-0.2, 0) is 6.54 Å². The van der Waals surface area contributed by atoms with E-state index in [4.69, 9.17) is 27.9 Å². The van der Waals surface area contributed by atoms with Gasteiger partial charge < -0.3 is 14.4 Å². The van der Waals surface area contributed by atoms with E-state index in [1.807, 2.05) is 18.2 Å². The van der Waals surface area contributed by atoms with E-state index >= 15 is 0 Å². The molecule has 0 saturated carbocycles. The van der Waals surface area contributed by atoms with Crippen molar-refractivity contribution in [2.24, 2.45) is 10.2 Å². The van der Waals surface area contributed by atoms with E-state index in [-0.39, 0.29) is 23.7 Å². The molecule has 0 unspecified atom stereocenters. The van der Waals surface area contributed by atoms with Crippen molar-refractivity contribution in [3.8, 4) is 11.6 Å². The monoisotopic (exact) mass is 453 g/mol. The molecule has 0 aliphatic carbocycles. The van der Waals surface area contributed by atoms with Gasteiger partial charge in [0.25, 0.3) is 5.91 Å². The van der Waals surface area contributed by atoms with Gasteiger partial charge in [0, 0.05) is 21.0 Å². The highest BCUT2D eigenvalue weighted by molar-refractivity contribution is 6.36. The highest BCUT2D eigenvalue weighted by Crippen LogP contribution is 2.40. The zero-order valence-electron chi connectivity index (χ0n) is 16.4. The number of aromatic hydroxyl groups is 1. The van der Waals surface area contributed by atoms with Crippen LogP contribution in [-0.4, -0.2) is 22.7 Å². The summed E-state index contributed by atoms with van der Waals surface area (Å²) < 4.78 is 6.83. The Bertz CT molecular complexity index is 1290. The molecule has 0 bridgehead atoms. The number of fused-ring (bicyclic) bond motifs is 1. The van der Waals surface area contributed by atoms with Crippen molar-refractivity contribution in [1.29, 1.82) is 0 Å².